The van der Waals surface area contributed by atoms with E-state index >= 15 is 0 Å². The van der Waals surface area contributed by atoms with Gasteiger partial charge in [-0.1, -0.05) is 17.7 Å². The molecule has 0 aliphatic carbocycles. The van der Waals surface area contributed by atoms with Crippen LogP contribution >= 0.6 is 34.3 Å². The van der Waals surface area contributed by atoms with Crippen LogP contribution in [0.1, 0.15) is 45.9 Å². The maximum absolute atomic E-state index is 13.8. The number of rotatable bonds is 7. The topological polar surface area (TPSA) is 133 Å². The number of hydrogen-bond acceptors (Lipinski definition) is 10. The van der Waals surface area contributed by atoms with Crippen molar-refractivity contribution in [3.63, 3.8) is 0 Å². The van der Waals surface area contributed by atoms with Crippen molar-refractivity contribution in [2.45, 2.75) is 55.4 Å². The van der Waals surface area contributed by atoms with Crippen LogP contribution in [0.15, 0.2) is 50.0 Å². The average Bonchev–Trinajstić information content (AvgIpc) is 3.59. The lowest BCUT2D eigenvalue weighted by Crippen LogP contribution is -2.56. The van der Waals surface area contributed by atoms with Gasteiger partial charge in [0.05, 0.1) is 5.69 Å². The fourth-order valence-electron chi connectivity index (χ4n) is 5.41. The van der Waals surface area contributed by atoms with E-state index in [9.17, 15) is 23.1 Å². The van der Waals surface area contributed by atoms with Crippen LogP contribution in [0.3, 0.4) is 0 Å². The number of carbonyl (C=O) groups excluding carboxylic acids is 1. The second kappa shape index (κ2) is 11.7. The lowest BCUT2D eigenvalue weighted by atomic mass is 10.0. The monoisotopic (exact) mass is 648 g/mol. The molecule has 2 aliphatic heterocycles. The molecule has 14 heteroatoms. The van der Waals surface area contributed by atoms with Crippen molar-refractivity contribution in [3.05, 3.63) is 73.2 Å². The van der Waals surface area contributed by atoms with Gasteiger partial charge in [0.2, 0.25) is 5.43 Å². The van der Waals surface area contributed by atoms with Gasteiger partial charge in [0.15, 0.2) is 10.8 Å². The molecular formula is C28H29ClN4O6S3. The number of aromatic hydroxyl groups is 1. The van der Waals surface area contributed by atoms with Gasteiger partial charge < -0.3 is 19.7 Å². The van der Waals surface area contributed by atoms with Crippen molar-refractivity contribution >= 4 is 60.3 Å². The number of thiazole rings is 1. The Labute approximate surface area is 255 Å². The molecule has 5 heterocycles. The summed E-state index contributed by atoms with van der Waals surface area (Å²) in [6.07, 6.45) is 3.18. The lowest BCUT2D eigenvalue weighted by Gasteiger charge is -2.40. The van der Waals surface area contributed by atoms with Crippen molar-refractivity contribution in [2.75, 3.05) is 19.6 Å². The molecule has 10 nitrogen and oxygen atoms in total. The SMILES string of the molecule is CC1Cc2nc(C(=O)N3CCN(S(=O)(=O)c4cc5ccc(Cl)cc5s4)CC3CCCc3cc(=O)c(O)co3)sc2CN1. The van der Waals surface area contributed by atoms with Gasteiger partial charge in [-0.15, -0.1) is 22.7 Å². The Morgan fingerprint density at radius 2 is 2.07 bits per heavy atom. The third kappa shape index (κ3) is 5.86. The Kier molecular flexibility index (Phi) is 8.15. The summed E-state index contributed by atoms with van der Waals surface area (Å²) in [5.41, 5.74) is 0.420. The molecule has 4 aromatic rings. The van der Waals surface area contributed by atoms with Crippen LogP contribution in [0.25, 0.3) is 10.1 Å². The summed E-state index contributed by atoms with van der Waals surface area (Å²) < 4.78 is 35.4. The largest absolute Gasteiger partial charge is 0.502 e. The Morgan fingerprint density at radius 1 is 1.24 bits per heavy atom. The third-order valence-corrected chi connectivity index (χ3v) is 12.4. The predicted octanol–water partition coefficient (Wildman–Crippen LogP) is 4.24. The van der Waals surface area contributed by atoms with Gasteiger partial charge in [-0.3, -0.25) is 9.59 Å². The first kappa shape index (κ1) is 29.3. The highest BCUT2D eigenvalue weighted by atomic mass is 35.5. The summed E-state index contributed by atoms with van der Waals surface area (Å²) >= 11 is 8.69. The van der Waals surface area contributed by atoms with Gasteiger partial charge in [-0.2, -0.15) is 4.31 Å². The summed E-state index contributed by atoms with van der Waals surface area (Å²) in [6.45, 7) is 3.28. The first-order chi connectivity index (χ1) is 20.1. The molecule has 42 heavy (non-hydrogen) atoms. The lowest BCUT2D eigenvalue weighted by molar-refractivity contribution is 0.0547. The van der Waals surface area contributed by atoms with Crippen LogP contribution in [0.4, 0.5) is 0 Å². The molecule has 6 rings (SSSR count). The highest BCUT2D eigenvalue weighted by Crippen LogP contribution is 2.34. The quantitative estimate of drug-likeness (QED) is 0.304. The molecule has 1 fully saturated rings. The number of aryl methyl sites for hydroxylation is 1. The smallest absolute Gasteiger partial charge is 0.283 e. The fraction of sp³-hybridized carbons (Fsp3) is 0.393. The molecule has 1 aromatic carbocycles. The summed E-state index contributed by atoms with van der Waals surface area (Å²) in [6, 6.07) is 8.08. The van der Waals surface area contributed by atoms with E-state index in [0.717, 1.165) is 33.3 Å². The van der Waals surface area contributed by atoms with Crippen molar-refractivity contribution < 1.29 is 22.7 Å². The molecule has 0 radical (unpaired) electrons. The van der Waals surface area contributed by atoms with Gasteiger partial charge in [0.25, 0.3) is 15.9 Å². The standard InChI is InChI=1S/C28H29ClN4O6S3/c1-16-9-21-25(13-30-16)41-27(31-21)28(36)33-8-7-32(14-19(33)3-2-4-20-12-22(34)23(35)15-39-20)42(37,38)26-10-17-5-6-18(29)11-24(17)40-26/h5-6,10-12,15-16,19,30,35H,2-4,7-9,13-14H2,1H3. The maximum Gasteiger partial charge on any atom is 0.283 e. The minimum absolute atomic E-state index is 0.131. The number of halogens is 1. The zero-order chi connectivity index (χ0) is 29.6. The van der Waals surface area contributed by atoms with E-state index in [1.165, 1.54) is 33.0 Å². The van der Waals surface area contributed by atoms with E-state index < -0.39 is 27.2 Å². The van der Waals surface area contributed by atoms with E-state index in [2.05, 4.69) is 17.2 Å². The Hall–Kier alpha value is -2.81. The van der Waals surface area contributed by atoms with Crippen LogP contribution < -0.4 is 10.7 Å². The van der Waals surface area contributed by atoms with Crippen LogP contribution in [0.5, 0.6) is 5.75 Å². The van der Waals surface area contributed by atoms with Crippen molar-refractivity contribution in [1.29, 1.82) is 0 Å². The number of fused-ring (bicyclic) bond motifs is 2. The number of carbonyl (C=O) groups is 1. The number of benzene rings is 1. The molecular weight excluding hydrogens is 620 g/mol. The van der Waals surface area contributed by atoms with Gasteiger partial charge >= 0.3 is 0 Å². The number of amides is 1. The number of sulfonamides is 1. The minimum Gasteiger partial charge on any atom is -0.502 e. The van der Waals surface area contributed by atoms with E-state index in [4.69, 9.17) is 16.0 Å². The Morgan fingerprint density at radius 3 is 2.88 bits per heavy atom. The second-order valence-electron chi connectivity index (χ2n) is 10.6. The molecule has 222 valence electrons. The predicted molar refractivity (Wildman–Crippen MR) is 162 cm³/mol. The summed E-state index contributed by atoms with van der Waals surface area (Å²) in [4.78, 5) is 33.1. The first-order valence-corrected chi connectivity index (χ1v) is 17.1. The van der Waals surface area contributed by atoms with Crippen LogP contribution in [0, 0.1) is 0 Å². The number of nitrogens with zero attached hydrogens (tertiary/aromatic N) is 3. The minimum atomic E-state index is -3.82. The molecule has 0 saturated carbocycles. The first-order valence-electron chi connectivity index (χ1n) is 13.6. The Balaban J connectivity index is 1.24. The fourth-order valence-corrected chi connectivity index (χ4v) is 9.70. The number of nitrogens with one attached hydrogen (secondary N) is 1. The molecule has 0 bridgehead atoms. The van der Waals surface area contributed by atoms with Gasteiger partial charge in [0, 0.05) is 71.8 Å². The van der Waals surface area contributed by atoms with Crippen LogP contribution in [0.2, 0.25) is 5.02 Å². The molecule has 2 aliphatic rings. The summed E-state index contributed by atoms with van der Waals surface area (Å²) in [5, 5.41) is 14.6. The number of piperazine rings is 1. The van der Waals surface area contributed by atoms with Gasteiger partial charge in [0.1, 0.15) is 16.2 Å². The third-order valence-electron chi connectivity index (χ3n) is 7.66. The van der Waals surface area contributed by atoms with E-state index in [1.54, 1.807) is 29.2 Å². The van der Waals surface area contributed by atoms with E-state index in [-0.39, 0.29) is 35.8 Å². The van der Waals surface area contributed by atoms with E-state index in [1.807, 2.05) is 0 Å². The van der Waals surface area contributed by atoms with Crippen molar-refractivity contribution in [2.24, 2.45) is 0 Å². The zero-order valence-electron chi connectivity index (χ0n) is 22.7. The average molecular weight is 649 g/mol. The number of hydrogen-bond donors (Lipinski definition) is 2. The van der Waals surface area contributed by atoms with Crippen LogP contribution in [-0.2, 0) is 29.4 Å². The van der Waals surface area contributed by atoms with Crippen molar-refractivity contribution in [3.8, 4) is 5.75 Å². The number of thiophene rings is 1. The summed E-state index contributed by atoms with van der Waals surface area (Å²) in [5.74, 6) is -0.242. The Bertz CT molecular complexity index is 1820. The summed E-state index contributed by atoms with van der Waals surface area (Å²) in [7, 11) is -3.82. The van der Waals surface area contributed by atoms with Crippen molar-refractivity contribution in [1.82, 2.24) is 19.5 Å². The van der Waals surface area contributed by atoms with Gasteiger partial charge in [-0.05, 0) is 43.4 Å². The van der Waals surface area contributed by atoms with E-state index in [0.29, 0.717) is 41.6 Å². The normalized spacial score (nSPS) is 19.7. The molecule has 2 atom stereocenters. The van der Waals surface area contributed by atoms with Gasteiger partial charge in [-0.25, -0.2) is 13.4 Å². The molecule has 1 amide bonds. The van der Waals surface area contributed by atoms with Crippen LogP contribution in [-0.4, -0.2) is 65.3 Å². The molecule has 2 N–H and O–H groups in total. The number of aromatic nitrogens is 1. The molecule has 3 aromatic heterocycles. The zero-order valence-corrected chi connectivity index (χ0v) is 25.9. The molecule has 2 unspecified atom stereocenters. The molecule has 0 spiro atoms. The highest BCUT2D eigenvalue weighted by Gasteiger charge is 2.38. The second-order valence-corrected chi connectivity index (χ2v) is 15.4. The maximum atomic E-state index is 13.8. The molecule has 1 saturated heterocycles. The highest BCUT2D eigenvalue weighted by molar-refractivity contribution is 7.91.